The van der Waals surface area contributed by atoms with Gasteiger partial charge in [0.15, 0.2) is 0 Å². The van der Waals surface area contributed by atoms with E-state index < -0.39 is 10.1 Å². The van der Waals surface area contributed by atoms with Crippen LogP contribution in [0.3, 0.4) is 0 Å². The van der Waals surface area contributed by atoms with Crippen molar-refractivity contribution in [3.8, 4) is 0 Å². The zero-order valence-electron chi connectivity index (χ0n) is 10.0. The summed E-state index contributed by atoms with van der Waals surface area (Å²) in [6.45, 7) is 3.80. The van der Waals surface area contributed by atoms with E-state index >= 15 is 0 Å². The molecule has 2 aromatic rings. The van der Waals surface area contributed by atoms with Gasteiger partial charge in [-0.3, -0.25) is 0 Å². The first kappa shape index (κ1) is 14.7. The first-order chi connectivity index (χ1) is 7.41. The van der Waals surface area contributed by atoms with Crippen LogP contribution >= 0.6 is 0 Å². The van der Waals surface area contributed by atoms with E-state index in [1.54, 1.807) is 18.2 Å². The molecule has 0 radical (unpaired) electrons. The predicted molar refractivity (Wildman–Crippen MR) is 61.4 cm³/mol. The molecule has 0 aliphatic heterocycles. The van der Waals surface area contributed by atoms with Crippen LogP contribution in [0.2, 0.25) is 0 Å². The molecule has 0 spiro atoms. The van der Waals surface area contributed by atoms with E-state index in [1.165, 1.54) is 6.07 Å². The molecule has 0 amide bonds. The van der Waals surface area contributed by atoms with Gasteiger partial charge in [-0.15, -0.1) is 0 Å². The normalized spacial score (nSPS) is 11.2. The van der Waals surface area contributed by atoms with Crippen molar-refractivity contribution < 1.29 is 42.5 Å². The summed E-state index contributed by atoms with van der Waals surface area (Å²) in [5, 5.41) is 1.36. The Hall–Kier alpha value is -0.390. The summed E-state index contributed by atoms with van der Waals surface area (Å²) < 4.78 is 33.3. The van der Waals surface area contributed by atoms with E-state index in [-0.39, 0.29) is 34.5 Å². The summed E-state index contributed by atoms with van der Waals surface area (Å²) in [6, 6.07) is 8.36. The quantitative estimate of drug-likeness (QED) is 0.505. The molecule has 2 rings (SSSR count). The van der Waals surface area contributed by atoms with Crippen LogP contribution in [0.1, 0.15) is 11.1 Å². The molecule has 0 fully saturated rings. The molecule has 17 heavy (non-hydrogen) atoms. The standard InChI is InChI=1S/C12H12O3S.Na/c1-8-4-3-5-10-11(16(13,14)15)7-6-9(2)12(8)10;/h3-7H,1-2H3,(H,13,14,15);/q;+1/p-1. The Morgan fingerprint density at radius 2 is 1.59 bits per heavy atom. The minimum atomic E-state index is -4.41. The predicted octanol–water partition coefficient (Wildman–Crippen LogP) is -0.635. The van der Waals surface area contributed by atoms with Crippen molar-refractivity contribution in [1.29, 1.82) is 0 Å². The third-order valence-electron chi connectivity index (χ3n) is 2.69. The number of fused-ring (bicyclic) bond motifs is 1. The summed E-state index contributed by atoms with van der Waals surface area (Å²) in [5.41, 5.74) is 1.95. The van der Waals surface area contributed by atoms with Gasteiger partial charge in [0.1, 0.15) is 10.1 Å². The fraction of sp³-hybridized carbons (Fsp3) is 0.167. The summed E-state index contributed by atoms with van der Waals surface area (Å²) >= 11 is 0. The van der Waals surface area contributed by atoms with Gasteiger partial charge >= 0.3 is 29.6 Å². The van der Waals surface area contributed by atoms with Crippen LogP contribution in [0, 0.1) is 13.8 Å². The number of rotatable bonds is 1. The number of aryl methyl sites for hydroxylation is 2. The summed E-state index contributed by atoms with van der Waals surface area (Å²) in [5.74, 6) is 0. The molecule has 0 aliphatic carbocycles. The van der Waals surface area contributed by atoms with Crippen molar-refractivity contribution in [1.82, 2.24) is 0 Å². The molecular formula is C12H11NaO3S. The van der Waals surface area contributed by atoms with Crippen LogP contribution in [0.4, 0.5) is 0 Å². The summed E-state index contributed by atoms with van der Waals surface area (Å²) in [4.78, 5) is -0.142. The van der Waals surface area contributed by atoms with Gasteiger partial charge in [-0.25, -0.2) is 8.42 Å². The Labute approximate surface area is 123 Å². The average Bonchev–Trinajstić information content (AvgIpc) is 2.16. The van der Waals surface area contributed by atoms with Crippen LogP contribution in [0.25, 0.3) is 10.8 Å². The molecule has 2 aromatic carbocycles. The monoisotopic (exact) mass is 258 g/mol. The second kappa shape index (κ2) is 5.08. The van der Waals surface area contributed by atoms with Crippen LogP contribution in [0.15, 0.2) is 35.2 Å². The van der Waals surface area contributed by atoms with E-state index in [0.29, 0.717) is 5.39 Å². The van der Waals surface area contributed by atoms with Crippen molar-refractivity contribution in [2.75, 3.05) is 0 Å². The smallest absolute Gasteiger partial charge is 0.744 e. The Morgan fingerprint density at radius 1 is 1.00 bits per heavy atom. The summed E-state index contributed by atoms with van der Waals surface area (Å²) in [6.07, 6.45) is 0. The zero-order chi connectivity index (χ0) is 11.9. The van der Waals surface area contributed by atoms with E-state index in [4.69, 9.17) is 0 Å². The van der Waals surface area contributed by atoms with Gasteiger partial charge in [0, 0.05) is 0 Å². The maximum Gasteiger partial charge on any atom is 1.00 e. The molecule has 84 valence electrons. The molecule has 0 atom stereocenters. The maximum atomic E-state index is 11.1. The molecule has 5 heteroatoms. The maximum absolute atomic E-state index is 11.1. The van der Waals surface area contributed by atoms with E-state index in [9.17, 15) is 13.0 Å². The SMILES string of the molecule is Cc1cccc2c(S(=O)(=O)[O-])ccc(C)c12.[Na+]. The van der Waals surface area contributed by atoms with Gasteiger partial charge in [-0.1, -0.05) is 24.3 Å². The van der Waals surface area contributed by atoms with E-state index in [2.05, 4.69) is 0 Å². The van der Waals surface area contributed by atoms with Crippen LogP contribution in [-0.2, 0) is 10.1 Å². The molecule has 0 aromatic heterocycles. The van der Waals surface area contributed by atoms with Crippen LogP contribution in [0.5, 0.6) is 0 Å². The topological polar surface area (TPSA) is 57.2 Å². The minimum absolute atomic E-state index is 0. The number of hydrogen-bond acceptors (Lipinski definition) is 3. The molecule has 0 bridgehead atoms. The number of benzene rings is 2. The van der Waals surface area contributed by atoms with Crippen molar-refractivity contribution >= 4 is 20.9 Å². The molecule has 0 aliphatic rings. The van der Waals surface area contributed by atoms with Gasteiger partial charge in [0.2, 0.25) is 0 Å². The Morgan fingerprint density at radius 3 is 2.18 bits per heavy atom. The van der Waals surface area contributed by atoms with Crippen molar-refractivity contribution in [2.24, 2.45) is 0 Å². The Kier molecular flexibility index (Phi) is 4.38. The largest absolute Gasteiger partial charge is 1.00 e. The van der Waals surface area contributed by atoms with Gasteiger partial charge in [-0.2, -0.15) is 0 Å². The van der Waals surface area contributed by atoms with Crippen molar-refractivity contribution in [2.45, 2.75) is 18.7 Å². The first-order valence-corrected chi connectivity index (χ1v) is 6.27. The molecule has 0 saturated heterocycles. The van der Waals surface area contributed by atoms with Crippen LogP contribution in [-0.4, -0.2) is 13.0 Å². The molecule has 0 saturated carbocycles. The third-order valence-corrected chi connectivity index (χ3v) is 3.58. The second-order valence-electron chi connectivity index (χ2n) is 3.83. The van der Waals surface area contributed by atoms with Gasteiger partial charge < -0.3 is 4.55 Å². The molecule has 0 N–H and O–H groups in total. The summed E-state index contributed by atoms with van der Waals surface area (Å²) in [7, 11) is -4.41. The molecule has 0 heterocycles. The van der Waals surface area contributed by atoms with E-state index in [0.717, 1.165) is 16.5 Å². The zero-order valence-corrected chi connectivity index (χ0v) is 12.8. The van der Waals surface area contributed by atoms with Gasteiger partial charge in [0.25, 0.3) is 0 Å². The molecule has 0 unspecified atom stereocenters. The first-order valence-electron chi connectivity index (χ1n) is 4.86. The molecular weight excluding hydrogens is 247 g/mol. The second-order valence-corrected chi connectivity index (χ2v) is 5.18. The number of hydrogen-bond donors (Lipinski definition) is 0. The Balaban J connectivity index is 0.00000144. The average molecular weight is 258 g/mol. The fourth-order valence-corrected chi connectivity index (χ4v) is 2.66. The van der Waals surface area contributed by atoms with Crippen molar-refractivity contribution in [3.05, 3.63) is 41.5 Å². The third kappa shape index (κ3) is 2.72. The minimum Gasteiger partial charge on any atom is -0.744 e. The van der Waals surface area contributed by atoms with Gasteiger partial charge in [-0.05, 0) is 41.8 Å². The van der Waals surface area contributed by atoms with Crippen LogP contribution < -0.4 is 29.6 Å². The van der Waals surface area contributed by atoms with Gasteiger partial charge in [0.05, 0.1) is 4.90 Å². The molecule has 3 nitrogen and oxygen atoms in total. The van der Waals surface area contributed by atoms with E-state index in [1.807, 2.05) is 19.9 Å². The van der Waals surface area contributed by atoms with Crippen molar-refractivity contribution in [3.63, 3.8) is 0 Å². The Bertz CT molecular complexity index is 655. The fourth-order valence-electron chi connectivity index (χ4n) is 1.99.